The average molecular weight is 255 g/mol. The molecule has 0 radical (unpaired) electrons. The van der Waals surface area contributed by atoms with Gasteiger partial charge < -0.3 is 19.7 Å². The van der Waals surface area contributed by atoms with E-state index in [1.165, 1.54) is 20.4 Å². The zero-order valence-electron chi connectivity index (χ0n) is 9.89. The molecule has 0 saturated carbocycles. The van der Waals surface area contributed by atoms with E-state index in [1.54, 1.807) is 0 Å². The Morgan fingerprint density at radius 1 is 1.44 bits per heavy atom. The highest BCUT2D eigenvalue weighted by Gasteiger charge is 2.23. The maximum absolute atomic E-state index is 9.86. The van der Waals surface area contributed by atoms with E-state index in [1.807, 2.05) is 0 Å². The zero-order valence-corrected chi connectivity index (χ0v) is 9.89. The first-order chi connectivity index (χ1) is 8.63. The van der Waals surface area contributed by atoms with Crippen molar-refractivity contribution in [1.82, 2.24) is 9.97 Å². The molecule has 1 aromatic heterocycles. The van der Waals surface area contributed by atoms with E-state index in [4.69, 9.17) is 15.0 Å². The largest absolute Gasteiger partial charge is 0.481 e. The molecule has 0 fully saturated rings. The van der Waals surface area contributed by atoms with Gasteiger partial charge in [0.1, 0.15) is 6.10 Å². The van der Waals surface area contributed by atoms with Crippen LogP contribution in [0.4, 0.5) is 0 Å². The summed E-state index contributed by atoms with van der Waals surface area (Å²) in [4.78, 5) is 10.2. The van der Waals surface area contributed by atoms with E-state index < -0.39 is 12.2 Å². The fourth-order valence-corrected chi connectivity index (χ4v) is 1.25. The monoisotopic (exact) mass is 255 g/mol. The van der Waals surface area contributed by atoms with E-state index in [0.29, 0.717) is 0 Å². The highest BCUT2D eigenvalue weighted by Crippen LogP contribution is 2.26. The molecule has 1 heterocycles. The van der Waals surface area contributed by atoms with E-state index >= 15 is 0 Å². The SMILES string of the molecule is COc1ncc(C(O)C(O)CN=[N+]=[N-])c(OC)n1. The zero-order chi connectivity index (χ0) is 13.5. The third kappa shape index (κ3) is 3.20. The topological polar surface area (TPSA) is 133 Å². The van der Waals surface area contributed by atoms with Gasteiger partial charge in [-0.15, -0.1) is 0 Å². The van der Waals surface area contributed by atoms with Crippen molar-refractivity contribution >= 4 is 0 Å². The van der Waals surface area contributed by atoms with Crippen molar-refractivity contribution in [3.8, 4) is 11.9 Å². The first kappa shape index (κ1) is 14.0. The number of aromatic nitrogens is 2. The molecule has 0 aliphatic heterocycles. The van der Waals surface area contributed by atoms with Gasteiger partial charge in [0.15, 0.2) is 0 Å². The van der Waals surface area contributed by atoms with Gasteiger partial charge in [-0.3, -0.25) is 0 Å². The minimum absolute atomic E-state index is 0.0762. The van der Waals surface area contributed by atoms with Crippen LogP contribution in [-0.2, 0) is 0 Å². The Hall–Kier alpha value is -2.09. The number of methoxy groups -OCH3 is 2. The third-order valence-electron chi connectivity index (χ3n) is 2.15. The molecule has 0 saturated heterocycles. The summed E-state index contributed by atoms with van der Waals surface area (Å²) >= 11 is 0. The molecule has 9 heteroatoms. The van der Waals surface area contributed by atoms with Crippen LogP contribution in [-0.4, -0.2) is 47.0 Å². The normalized spacial score (nSPS) is 13.3. The Morgan fingerprint density at radius 3 is 2.72 bits per heavy atom. The summed E-state index contributed by atoms with van der Waals surface area (Å²) in [7, 11) is 2.75. The summed E-state index contributed by atoms with van der Waals surface area (Å²) in [5.41, 5.74) is 8.32. The van der Waals surface area contributed by atoms with Gasteiger partial charge in [0.25, 0.3) is 0 Å². The van der Waals surface area contributed by atoms with Gasteiger partial charge in [-0.1, -0.05) is 5.11 Å². The van der Waals surface area contributed by atoms with Gasteiger partial charge in [-0.25, -0.2) is 4.98 Å². The van der Waals surface area contributed by atoms with E-state index in [2.05, 4.69) is 20.0 Å². The lowest BCUT2D eigenvalue weighted by atomic mass is 10.1. The summed E-state index contributed by atoms with van der Waals surface area (Å²) in [6.45, 7) is -0.271. The Kier molecular flexibility index (Phi) is 5.12. The first-order valence-electron chi connectivity index (χ1n) is 4.96. The van der Waals surface area contributed by atoms with Crippen LogP contribution in [0.15, 0.2) is 11.3 Å². The molecule has 0 spiro atoms. The Balaban J connectivity index is 2.96. The second kappa shape index (κ2) is 6.60. The molecule has 18 heavy (non-hydrogen) atoms. The van der Waals surface area contributed by atoms with Crippen molar-refractivity contribution in [1.29, 1.82) is 0 Å². The maximum Gasteiger partial charge on any atom is 0.319 e. The van der Waals surface area contributed by atoms with Gasteiger partial charge in [-0.2, -0.15) is 4.98 Å². The number of nitrogens with zero attached hydrogens (tertiary/aromatic N) is 5. The number of azide groups is 1. The lowest BCUT2D eigenvalue weighted by Crippen LogP contribution is -2.22. The molecule has 2 N–H and O–H groups in total. The van der Waals surface area contributed by atoms with Crippen LogP contribution < -0.4 is 9.47 Å². The number of hydrogen-bond donors (Lipinski definition) is 2. The Bertz CT molecular complexity index is 449. The van der Waals surface area contributed by atoms with E-state index in [-0.39, 0.29) is 24.0 Å². The van der Waals surface area contributed by atoms with Crippen LogP contribution in [0.5, 0.6) is 11.9 Å². The Morgan fingerprint density at radius 2 is 2.17 bits per heavy atom. The maximum atomic E-state index is 9.86. The van der Waals surface area contributed by atoms with Crippen molar-refractivity contribution in [3.05, 3.63) is 22.2 Å². The summed E-state index contributed by atoms with van der Waals surface area (Å²) in [5, 5.41) is 22.6. The summed E-state index contributed by atoms with van der Waals surface area (Å²) in [6, 6.07) is 0.0762. The predicted molar refractivity (Wildman–Crippen MR) is 60.1 cm³/mol. The molecule has 2 atom stereocenters. The van der Waals surface area contributed by atoms with Crippen LogP contribution in [0.2, 0.25) is 0 Å². The quantitative estimate of drug-likeness (QED) is 0.423. The summed E-state index contributed by atoms with van der Waals surface area (Å²) in [5.74, 6) is 0.0781. The van der Waals surface area contributed by atoms with Crippen molar-refractivity contribution in [2.75, 3.05) is 20.8 Å². The van der Waals surface area contributed by atoms with Gasteiger partial charge in [-0.05, 0) is 5.53 Å². The molecule has 0 amide bonds. The van der Waals surface area contributed by atoms with E-state index in [9.17, 15) is 10.2 Å². The van der Waals surface area contributed by atoms with Crippen molar-refractivity contribution in [3.63, 3.8) is 0 Å². The lowest BCUT2D eigenvalue weighted by molar-refractivity contribution is 0.0222. The minimum atomic E-state index is -1.32. The Labute approximate surface area is 103 Å². The fraction of sp³-hybridized carbons (Fsp3) is 0.556. The molecule has 1 aromatic rings. The molecule has 0 bridgehead atoms. The van der Waals surface area contributed by atoms with Crippen LogP contribution in [0.25, 0.3) is 10.4 Å². The second-order valence-electron chi connectivity index (χ2n) is 3.25. The molecule has 1 rings (SSSR count). The summed E-state index contributed by atoms with van der Waals surface area (Å²) < 4.78 is 9.76. The van der Waals surface area contributed by atoms with Crippen LogP contribution in [0.1, 0.15) is 11.7 Å². The second-order valence-corrected chi connectivity index (χ2v) is 3.25. The first-order valence-corrected chi connectivity index (χ1v) is 4.96. The molecule has 0 aliphatic rings. The minimum Gasteiger partial charge on any atom is -0.481 e. The lowest BCUT2D eigenvalue weighted by Gasteiger charge is -2.17. The molecule has 98 valence electrons. The number of aliphatic hydroxyl groups is 2. The van der Waals surface area contributed by atoms with E-state index in [0.717, 1.165) is 0 Å². The van der Waals surface area contributed by atoms with Gasteiger partial charge >= 0.3 is 6.01 Å². The summed E-state index contributed by atoms with van der Waals surface area (Å²) in [6.07, 6.45) is -1.32. The fourth-order valence-electron chi connectivity index (χ4n) is 1.25. The van der Waals surface area contributed by atoms with Crippen molar-refractivity contribution in [2.24, 2.45) is 5.11 Å². The standard InChI is InChI=1S/C9H13N5O4/c1-17-8-5(3-11-9(13-8)18-2)7(16)6(15)4-12-14-10/h3,6-7,15-16H,4H2,1-2H3. The van der Waals surface area contributed by atoms with Crippen LogP contribution in [0.3, 0.4) is 0 Å². The molecule has 0 aromatic carbocycles. The number of rotatable bonds is 6. The van der Waals surface area contributed by atoms with Gasteiger partial charge in [0, 0.05) is 11.1 Å². The predicted octanol–water partition coefficient (Wildman–Crippen LogP) is 0.198. The smallest absolute Gasteiger partial charge is 0.319 e. The highest BCUT2D eigenvalue weighted by molar-refractivity contribution is 5.28. The number of ether oxygens (including phenoxy) is 2. The number of aliphatic hydroxyl groups excluding tert-OH is 2. The molecular weight excluding hydrogens is 242 g/mol. The molecule has 9 nitrogen and oxygen atoms in total. The average Bonchev–Trinajstić information content (AvgIpc) is 2.43. The van der Waals surface area contributed by atoms with Gasteiger partial charge in [0.05, 0.1) is 32.4 Å². The molecular formula is C9H13N5O4. The third-order valence-corrected chi connectivity index (χ3v) is 2.15. The highest BCUT2D eigenvalue weighted by atomic mass is 16.5. The molecule has 2 unspecified atom stereocenters. The van der Waals surface area contributed by atoms with Crippen LogP contribution in [0, 0.1) is 0 Å². The number of hydrogen-bond acceptors (Lipinski definition) is 7. The molecule has 0 aliphatic carbocycles. The van der Waals surface area contributed by atoms with Gasteiger partial charge in [0.2, 0.25) is 5.88 Å². The van der Waals surface area contributed by atoms with Crippen molar-refractivity contribution < 1.29 is 19.7 Å². The van der Waals surface area contributed by atoms with Crippen molar-refractivity contribution in [2.45, 2.75) is 12.2 Å². The van der Waals surface area contributed by atoms with Crippen LogP contribution >= 0.6 is 0 Å².